The van der Waals surface area contributed by atoms with Crippen molar-refractivity contribution < 1.29 is 14.4 Å². The van der Waals surface area contributed by atoms with Gasteiger partial charge in [0.2, 0.25) is 5.91 Å². The van der Waals surface area contributed by atoms with Crippen LogP contribution in [0.4, 0.5) is 5.69 Å². The Morgan fingerprint density at radius 1 is 1.29 bits per heavy atom. The number of carbonyl (C=O) groups excluding carboxylic acids is 1. The molecule has 0 spiro atoms. The molecule has 21 heavy (non-hydrogen) atoms. The summed E-state index contributed by atoms with van der Waals surface area (Å²) in [6.45, 7) is 5.80. The quantitative estimate of drug-likeness (QED) is 0.793. The van der Waals surface area contributed by atoms with Gasteiger partial charge in [0, 0.05) is 32.3 Å². The topological polar surface area (TPSA) is 46.0 Å². The highest BCUT2D eigenvalue weighted by Gasteiger charge is 2.26. The fourth-order valence-corrected chi connectivity index (χ4v) is 2.73. The van der Waals surface area contributed by atoms with Crippen molar-refractivity contribution in [2.45, 2.75) is 13.0 Å². The lowest BCUT2D eigenvalue weighted by molar-refractivity contribution is -0.937. The molecule has 0 radical (unpaired) electrons. The average Bonchev–Trinajstić information content (AvgIpc) is 2.49. The van der Waals surface area contributed by atoms with E-state index >= 15 is 0 Å². The first-order chi connectivity index (χ1) is 10.1. The SMILES string of the molecule is CC(=O)NC[C@@H](c1ccc(N(C)C)cc1)[NH+]1CCOCC1. The van der Waals surface area contributed by atoms with Crippen LogP contribution >= 0.6 is 0 Å². The number of nitrogens with one attached hydrogen (secondary N) is 2. The van der Waals surface area contributed by atoms with Gasteiger partial charge in [0.05, 0.1) is 19.8 Å². The van der Waals surface area contributed by atoms with Gasteiger partial charge in [-0.05, 0) is 12.1 Å². The number of hydrogen-bond acceptors (Lipinski definition) is 3. The predicted molar refractivity (Wildman–Crippen MR) is 83.7 cm³/mol. The van der Waals surface area contributed by atoms with Crippen molar-refractivity contribution in [3.05, 3.63) is 29.8 Å². The van der Waals surface area contributed by atoms with Gasteiger partial charge >= 0.3 is 0 Å². The van der Waals surface area contributed by atoms with Crippen LogP contribution in [0.15, 0.2) is 24.3 Å². The highest BCUT2D eigenvalue weighted by Crippen LogP contribution is 2.16. The van der Waals surface area contributed by atoms with E-state index in [1.807, 2.05) is 14.1 Å². The molecule has 1 aromatic rings. The first-order valence-electron chi connectivity index (χ1n) is 7.52. The van der Waals surface area contributed by atoms with Crippen LogP contribution < -0.4 is 15.1 Å². The van der Waals surface area contributed by atoms with Gasteiger partial charge in [0.1, 0.15) is 19.1 Å². The Morgan fingerprint density at radius 2 is 1.90 bits per heavy atom. The summed E-state index contributed by atoms with van der Waals surface area (Å²) in [4.78, 5) is 14.8. The Morgan fingerprint density at radius 3 is 2.43 bits per heavy atom. The first-order valence-corrected chi connectivity index (χ1v) is 7.52. The number of carbonyl (C=O) groups is 1. The maximum absolute atomic E-state index is 11.3. The minimum absolute atomic E-state index is 0.0255. The molecule has 1 amide bonds. The summed E-state index contributed by atoms with van der Waals surface area (Å²) in [5.74, 6) is 0.0255. The fourth-order valence-electron chi connectivity index (χ4n) is 2.73. The standard InChI is InChI=1S/C16H25N3O2/c1-13(20)17-12-16(19-8-10-21-11-9-19)14-4-6-15(7-5-14)18(2)3/h4-7,16H,8-12H2,1-3H3,(H,17,20)/p+1/t16-/m0/s1. The number of hydrogen-bond donors (Lipinski definition) is 2. The summed E-state index contributed by atoms with van der Waals surface area (Å²) in [5.41, 5.74) is 2.46. The van der Waals surface area contributed by atoms with Crippen LogP contribution in [0.3, 0.4) is 0 Å². The molecule has 1 saturated heterocycles. The van der Waals surface area contributed by atoms with Gasteiger partial charge in [-0.1, -0.05) is 12.1 Å². The van der Waals surface area contributed by atoms with Gasteiger partial charge in [-0.25, -0.2) is 0 Å². The molecular weight excluding hydrogens is 266 g/mol. The van der Waals surface area contributed by atoms with Crippen molar-refractivity contribution in [2.24, 2.45) is 0 Å². The molecule has 2 rings (SSSR count). The van der Waals surface area contributed by atoms with Crippen molar-refractivity contribution in [1.82, 2.24) is 5.32 Å². The maximum atomic E-state index is 11.3. The van der Waals surface area contributed by atoms with E-state index in [2.05, 4.69) is 34.5 Å². The van der Waals surface area contributed by atoms with Crippen molar-refractivity contribution in [2.75, 3.05) is 51.8 Å². The zero-order valence-corrected chi connectivity index (χ0v) is 13.2. The molecule has 2 N–H and O–H groups in total. The zero-order chi connectivity index (χ0) is 15.2. The normalized spacial score (nSPS) is 17.3. The second kappa shape index (κ2) is 7.43. The van der Waals surface area contributed by atoms with Gasteiger partial charge in [-0.3, -0.25) is 4.79 Å². The largest absolute Gasteiger partial charge is 0.378 e. The van der Waals surface area contributed by atoms with Crippen molar-refractivity contribution in [3.8, 4) is 0 Å². The first kappa shape index (κ1) is 15.8. The van der Waals surface area contributed by atoms with Crippen LogP contribution in [0.5, 0.6) is 0 Å². The van der Waals surface area contributed by atoms with Crippen molar-refractivity contribution >= 4 is 11.6 Å². The van der Waals surface area contributed by atoms with Gasteiger partial charge in [-0.15, -0.1) is 0 Å². The van der Waals surface area contributed by atoms with Crippen LogP contribution in [0.2, 0.25) is 0 Å². The number of amides is 1. The highest BCUT2D eigenvalue weighted by molar-refractivity contribution is 5.72. The minimum Gasteiger partial charge on any atom is -0.378 e. The zero-order valence-electron chi connectivity index (χ0n) is 13.2. The van der Waals surface area contributed by atoms with Crippen LogP contribution in [0.1, 0.15) is 18.5 Å². The Balaban J connectivity index is 2.14. The third-order valence-corrected chi connectivity index (χ3v) is 3.99. The predicted octanol–water partition coefficient (Wildman–Crippen LogP) is -0.155. The second-order valence-electron chi connectivity index (χ2n) is 5.75. The number of quaternary nitrogens is 1. The molecule has 5 nitrogen and oxygen atoms in total. The van der Waals surface area contributed by atoms with E-state index in [-0.39, 0.29) is 11.9 Å². The number of rotatable bonds is 5. The molecular formula is C16H26N3O2+. The smallest absolute Gasteiger partial charge is 0.217 e. The minimum atomic E-state index is 0.0255. The van der Waals surface area contributed by atoms with E-state index in [9.17, 15) is 4.79 Å². The third-order valence-electron chi connectivity index (χ3n) is 3.99. The summed E-state index contributed by atoms with van der Waals surface area (Å²) in [7, 11) is 4.08. The van der Waals surface area contributed by atoms with E-state index < -0.39 is 0 Å². The summed E-state index contributed by atoms with van der Waals surface area (Å²) in [6, 6.07) is 8.90. The Bertz CT molecular complexity index is 453. The third kappa shape index (κ3) is 4.44. The molecule has 1 aliphatic heterocycles. The molecule has 1 aliphatic rings. The number of ether oxygens (including phenoxy) is 1. The molecule has 1 atom stereocenters. The Kier molecular flexibility index (Phi) is 5.59. The van der Waals surface area contributed by atoms with Gasteiger partial charge in [0.25, 0.3) is 0 Å². The maximum Gasteiger partial charge on any atom is 0.217 e. The lowest BCUT2D eigenvalue weighted by atomic mass is 10.0. The van der Waals surface area contributed by atoms with Gasteiger partial charge < -0.3 is 19.9 Å². The molecule has 0 unspecified atom stereocenters. The van der Waals surface area contributed by atoms with Gasteiger partial charge in [0.15, 0.2) is 0 Å². The Labute approximate surface area is 126 Å². The average molecular weight is 292 g/mol. The summed E-state index contributed by atoms with van der Waals surface area (Å²) in [6.07, 6.45) is 0. The number of benzene rings is 1. The lowest BCUT2D eigenvalue weighted by Gasteiger charge is -2.32. The van der Waals surface area contributed by atoms with Crippen LogP contribution in [0, 0.1) is 0 Å². The molecule has 0 aromatic heterocycles. The Hall–Kier alpha value is -1.59. The number of nitrogens with zero attached hydrogens (tertiary/aromatic N) is 1. The molecule has 116 valence electrons. The summed E-state index contributed by atoms with van der Waals surface area (Å²) < 4.78 is 5.45. The van der Waals surface area contributed by atoms with Crippen LogP contribution in [-0.2, 0) is 9.53 Å². The van der Waals surface area contributed by atoms with E-state index in [0.717, 1.165) is 26.3 Å². The summed E-state index contributed by atoms with van der Waals surface area (Å²) >= 11 is 0. The monoisotopic (exact) mass is 292 g/mol. The van der Waals surface area contributed by atoms with E-state index in [1.54, 1.807) is 6.92 Å². The fraction of sp³-hybridized carbons (Fsp3) is 0.562. The molecule has 1 aromatic carbocycles. The molecule has 0 aliphatic carbocycles. The van der Waals surface area contributed by atoms with E-state index in [0.29, 0.717) is 6.54 Å². The van der Waals surface area contributed by atoms with Crippen molar-refractivity contribution in [1.29, 1.82) is 0 Å². The summed E-state index contributed by atoms with van der Waals surface area (Å²) in [5, 5.41) is 2.97. The van der Waals surface area contributed by atoms with Crippen LogP contribution in [-0.4, -0.2) is 52.9 Å². The molecule has 5 heteroatoms. The molecule has 0 saturated carbocycles. The van der Waals surface area contributed by atoms with Gasteiger partial charge in [-0.2, -0.15) is 0 Å². The number of anilines is 1. The number of morpholine rings is 1. The van der Waals surface area contributed by atoms with E-state index in [1.165, 1.54) is 16.2 Å². The van der Waals surface area contributed by atoms with Crippen LogP contribution in [0.25, 0.3) is 0 Å². The van der Waals surface area contributed by atoms with E-state index in [4.69, 9.17) is 4.74 Å². The molecule has 1 heterocycles. The second-order valence-corrected chi connectivity index (χ2v) is 5.75. The van der Waals surface area contributed by atoms with Crippen molar-refractivity contribution in [3.63, 3.8) is 0 Å². The highest BCUT2D eigenvalue weighted by atomic mass is 16.5. The molecule has 0 bridgehead atoms. The molecule has 1 fully saturated rings. The lowest BCUT2D eigenvalue weighted by Crippen LogP contribution is -3.15.